The lowest BCUT2D eigenvalue weighted by atomic mass is 10.1. The first-order chi connectivity index (χ1) is 7.31. The van der Waals surface area contributed by atoms with Gasteiger partial charge < -0.3 is 5.32 Å². The van der Waals surface area contributed by atoms with E-state index in [4.69, 9.17) is 6.42 Å². The molecule has 15 heavy (non-hydrogen) atoms. The Morgan fingerprint density at radius 1 is 1.40 bits per heavy atom. The van der Waals surface area contributed by atoms with Crippen molar-refractivity contribution in [3.63, 3.8) is 0 Å². The minimum atomic E-state index is 0.0425. The number of benzene rings is 1. The van der Waals surface area contributed by atoms with Gasteiger partial charge in [0.2, 0.25) is 0 Å². The monoisotopic (exact) mass is 219 g/mol. The molecule has 0 saturated carbocycles. The lowest BCUT2D eigenvalue weighted by Gasteiger charge is -2.12. The van der Waals surface area contributed by atoms with Crippen molar-refractivity contribution in [3.05, 3.63) is 29.8 Å². The van der Waals surface area contributed by atoms with Crippen LogP contribution in [0.3, 0.4) is 0 Å². The number of hydrogen-bond donors (Lipinski definition) is 1. The molecule has 1 atom stereocenters. The van der Waals surface area contributed by atoms with E-state index in [1.807, 2.05) is 0 Å². The molecule has 1 aromatic rings. The summed E-state index contributed by atoms with van der Waals surface area (Å²) in [6.45, 7) is 3.09. The fraction of sp³-hybridized carbons (Fsp3) is 0.385. The molecule has 1 unspecified atom stereocenters. The van der Waals surface area contributed by atoms with Gasteiger partial charge in [0, 0.05) is 4.90 Å². The van der Waals surface area contributed by atoms with Gasteiger partial charge in [0.25, 0.3) is 0 Å². The standard InChI is InChI=1S/C13H17NS/c1-4-10-14-13(5-2)11-6-8-12(15-3)9-7-11/h2,6-9,13-14H,4,10H2,1,3H3. The van der Waals surface area contributed by atoms with Crippen molar-refractivity contribution >= 4 is 11.8 Å². The summed E-state index contributed by atoms with van der Waals surface area (Å²) in [7, 11) is 0. The van der Waals surface area contributed by atoms with Crippen molar-refractivity contribution in [3.8, 4) is 12.3 Å². The molecule has 1 rings (SSSR count). The highest BCUT2D eigenvalue weighted by molar-refractivity contribution is 7.98. The Kier molecular flexibility index (Phi) is 5.31. The maximum Gasteiger partial charge on any atom is 0.0943 e. The van der Waals surface area contributed by atoms with Crippen molar-refractivity contribution < 1.29 is 0 Å². The predicted molar refractivity (Wildman–Crippen MR) is 68.1 cm³/mol. The van der Waals surface area contributed by atoms with Crippen LogP contribution >= 0.6 is 11.8 Å². The number of rotatable bonds is 5. The van der Waals surface area contributed by atoms with E-state index in [0.29, 0.717) is 0 Å². The van der Waals surface area contributed by atoms with Gasteiger partial charge in [-0.2, -0.15) is 0 Å². The highest BCUT2D eigenvalue weighted by Gasteiger charge is 2.05. The molecule has 0 aromatic heterocycles. The van der Waals surface area contributed by atoms with E-state index in [0.717, 1.165) is 13.0 Å². The maximum atomic E-state index is 5.50. The molecule has 0 aliphatic rings. The van der Waals surface area contributed by atoms with Gasteiger partial charge in [-0.1, -0.05) is 25.0 Å². The fourth-order valence-corrected chi connectivity index (χ4v) is 1.77. The molecule has 2 heteroatoms. The summed E-state index contributed by atoms with van der Waals surface area (Å²) in [6, 6.07) is 8.45. The van der Waals surface area contributed by atoms with E-state index in [1.54, 1.807) is 11.8 Å². The third kappa shape index (κ3) is 3.62. The maximum absolute atomic E-state index is 5.50. The highest BCUT2D eigenvalue weighted by atomic mass is 32.2. The third-order valence-corrected chi connectivity index (χ3v) is 2.96. The van der Waals surface area contributed by atoms with Crippen LogP contribution in [0.5, 0.6) is 0 Å². The zero-order valence-corrected chi connectivity index (χ0v) is 10.1. The van der Waals surface area contributed by atoms with Gasteiger partial charge >= 0.3 is 0 Å². The molecule has 0 heterocycles. The van der Waals surface area contributed by atoms with Crippen molar-refractivity contribution in [2.45, 2.75) is 24.3 Å². The zero-order valence-electron chi connectivity index (χ0n) is 9.29. The van der Waals surface area contributed by atoms with Crippen LogP contribution in [0.15, 0.2) is 29.2 Å². The molecule has 0 bridgehead atoms. The number of nitrogens with one attached hydrogen (secondary N) is 1. The SMILES string of the molecule is C#CC(NCCC)c1ccc(SC)cc1. The minimum Gasteiger partial charge on any atom is -0.300 e. The molecule has 1 nitrogen and oxygen atoms in total. The first kappa shape index (κ1) is 12.2. The minimum absolute atomic E-state index is 0.0425. The number of terminal acetylenes is 1. The van der Waals surface area contributed by atoms with Crippen LogP contribution < -0.4 is 5.32 Å². The molecule has 0 saturated heterocycles. The number of thioether (sulfide) groups is 1. The van der Waals surface area contributed by atoms with Gasteiger partial charge in [-0.25, -0.2) is 0 Å². The second-order valence-electron chi connectivity index (χ2n) is 3.33. The quantitative estimate of drug-likeness (QED) is 0.603. The fourth-order valence-electron chi connectivity index (χ4n) is 1.36. The van der Waals surface area contributed by atoms with Crippen LogP contribution in [-0.2, 0) is 0 Å². The molecule has 0 radical (unpaired) electrons. The van der Waals surface area contributed by atoms with Crippen LogP contribution in [0.25, 0.3) is 0 Å². The molecule has 0 amide bonds. The highest BCUT2D eigenvalue weighted by Crippen LogP contribution is 2.18. The molecule has 0 spiro atoms. The molecule has 1 N–H and O–H groups in total. The van der Waals surface area contributed by atoms with E-state index >= 15 is 0 Å². The Morgan fingerprint density at radius 3 is 2.53 bits per heavy atom. The van der Waals surface area contributed by atoms with Gasteiger partial charge in [0.15, 0.2) is 0 Å². The Bertz CT molecular complexity index is 323. The summed E-state index contributed by atoms with van der Waals surface area (Å²) in [6.07, 6.45) is 8.67. The summed E-state index contributed by atoms with van der Waals surface area (Å²) in [4.78, 5) is 1.27. The van der Waals surface area contributed by atoms with Crippen LogP contribution in [0.2, 0.25) is 0 Å². The second-order valence-corrected chi connectivity index (χ2v) is 4.21. The summed E-state index contributed by atoms with van der Waals surface area (Å²) in [5.74, 6) is 2.77. The summed E-state index contributed by atoms with van der Waals surface area (Å²) >= 11 is 1.74. The van der Waals surface area contributed by atoms with Crippen molar-refractivity contribution in [1.29, 1.82) is 0 Å². The molecule has 0 fully saturated rings. The van der Waals surface area contributed by atoms with Crippen molar-refractivity contribution in [2.75, 3.05) is 12.8 Å². The van der Waals surface area contributed by atoms with Crippen LogP contribution in [0, 0.1) is 12.3 Å². The topological polar surface area (TPSA) is 12.0 Å². The summed E-state index contributed by atoms with van der Waals surface area (Å²) in [5, 5.41) is 3.33. The van der Waals surface area contributed by atoms with Crippen molar-refractivity contribution in [1.82, 2.24) is 5.32 Å². The Labute approximate surface area is 96.7 Å². The largest absolute Gasteiger partial charge is 0.300 e. The Hall–Kier alpha value is -0.910. The van der Waals surface area contributed by atoms with Crippen LogP contribution in [0.4, 0.5) is 0 Å². The Balaban J connectivity index is 2.70. The summed E-state index contributed by atoms with van der Waals surface area (Å²) < 4.78 is 0. The molecule has 80 valence electrons. The van der Waals surface area contributed by atoms with Crippen LogP contribution in [0.1, 0.15) is 24.9 Å². The second kappa shape index (κ2) is 6.55. The van der Waals surface area contributed by atoms with E-state index in [9.17, 15) is 0 Å². The van der Waals surface area contributed by atoms with E-state index < -0.39 is 0 Å². The van der Waals surface area contributed by atoms with Gasteiger partial charge in [-0.05, 0) is 36.9 Å². The van der Waals surface area contributed by atoms with Crippen molar-refractivity contribution in [2.24, 2.45) is 0 Å². The molecular formula is C13H17NS. The first-order valence-electron chi connectivity index (χ1n) is 5.15. The number of hydrogen-bond acceptors (Lipinski definition) is 2. The van der Waals surface area contributed by atoms with E-state index in [-0.39, 0.29) is 6.04 Å². The van der Waals surface area contributed by atoms with E-state index in [2.05, 4.69) is 48.7 Å². The van der Waals surface area contributed by atoms with Gasteiger partial charge in [-0.15, -0.1) is 18.2 Å². The molecule has 0 aliphatic carbocycles. The van der Waals surface area contributed by atoms with E-state index in [1.165, 1.54) is 10.5 Å². The smallest absolute Gasteiger partial charge is 0.0943 e. The van der Waals surface area contributed by atoms with Crippen LogP contribution in [-0.4, -0.2) is 12.8 Å². The van der Waals surface area contributed by atoms with Gasteiger partial charge in [-0.3, -0.25) is 0 Å². The normalized spacial score (nSPS) is 12.1. The molecular weight excluding hydrogens is 202 g/mol. The van der Waals surface area contributed by atoms with Gasteiger partial charge in [0.1, 0.15) is 0 Å². The average Bonchev–Trinajstić information content (AvgIpc) is 2.31. The Morgan fingerprint density at radius 2 is 2.07 bits per heavy atom. The molecule has 1 aromatic carbocycles. The lowest BCUT2D eigenvalue weighted by Crippen LogP contribution is -2.20. The molecule has 0 aliphatic heterocycles. The zero-order chi connectivity index (χ0) is 11.1. The van der Waals surface area contributed by atoms with Gasteiger partial charge in [0.05, 0.1) is 6.04 Å². The third-order valence-electron chi connectivity index (χ3n) is 2.21. The summed E-state index contributed by atoms with van der Waals surface area (Å²) in [5.41, 5.74) is 1.17. The average molecular weight is 219 g/mol. The lowest BCUT2D eigenvalue weighted by molar-refractivity contribution is 0.626. The predicted octanol–water partition coefficient (Wildman–Crippen LogP) is 3.08. The first-order valence-corrected chi connectivity index (χ1v) is 6.37.